The number of nitrogens with zero attached hydrogens (tertiary/aromatic N) is 2. The summed E-state index contributed by atoms with van der Waals surface area (Å²) in [4.78, 5) is 4.55. The van der Waals surface area contributed by atoms with Gasteiger partial charge in [-0.3, -0.25) is 9.80 Å². The molecule has 1 saturated heterocycles. The molecule has 1 atom stereocenters. The van der Waals surface area contributed by atoms with E-state index in [0.29, 0.717) is 6.54 Å². The lowest BCUT2D eigenvalue weighted by molar-refractivity contribution is 0.0678. The van der Waals surface area contributed by atoms with E-state index in [4.69, 9.17) is 4.74 Å². The molecule has 0 aliphatic carbocycles. The SMILES string of the molecule is OC(COc1ccccc1F)CN1CCCN(Cc2ccc(F)cc2)CC1. The van der Waals surface area contributed by atoms with Gasteiger partial charge in [0.1, 0.15) is 18.5 Å². The molecule has 3 rings (SSSR count). The number of benzene rings is 2. The first kappa shape index (κ1) is 19.7. The Labute approximate surface area is 159 Å². The van der Waals surface area contributed by atoms with Gasteiger partial charge < -0.3 is 9.84 Å². The van der Waals surface area contributed by atoms with Gasteiger partial charge in [0.25, 0.3) is 0 Å². The number of aliphatic hydroxyl groups excluding tert-OH is 1. The number of halogens is 2. The van der Waals surface area contributed by atoms with Crippen molar-refractivity contribution in [2.75, 3.05) is 39.3 Å². The fourth-order valence-corrected chi connectivity index (χ4v) is 3.31. The van der Waals surface area contributed by atoms with Gasteiger partial charge in [-0.2, -0.15) is 0 Å². The first-order valence-corrected chi connectivity index (χ1v) is 9.35. The van der Waals surface area contributed by atoms with Crippen molar-refractivity contribution in [3.8, 4) is 5.75 Å². The van der Waals surface area contributed by atoms with Crippen LogP contribution in [0.3, 0.4) is 0 Å². The number of para-hydroxylation sites is 1. The van der Waals surface area contributed by atoms with Crippen LogP contribution in [0.25, 0.3) is 0 Å². The molecule has 1 aliphatic heterocycles. The van der Waals surface area contributed by atoms with Gasteiger partial charge in [0.2, 0.25) is 0 Å². The summed E-state index contributed by atoms with van der Waals surface area (Å²) >= 11 is 0. The van der Waals surface area contributed by atoms with E-state index >= 15 is 0 Å². The summed E-state index contributed by atoms with van der Waals surface area (Å²) in [6.07, 6.45) is 0.329. The van der Waals surface area contributed by atoms with Gasteiger partial charge in [-0.15, -0.1) is 0 Å². The Morgan fingerprint density at radius 3 is 2.41 bits per heavy atom. The summed E-state index contributed by atoms with van der Waals surface area (Å²) in [5.74, 6) is -0.471. The highest BCUT2D eigenvalue weighted by molar-refractivity contribution is 5.23. The lowest BCUT2D eigenvalue weighted by Gasteiger charge is -2.24. The van der Waals surface area contributed by atoms with Crippen molar-refractivity contribution < 1.29 is 18.6 Å². The molecule has 0 saturated carbocycles. The minimum absolute atomic E-state index is 0.0662. The van der Waals surface area contributed by atoms with Crippen LogP contribution in [0, 0.1) is 11.6 Å². The zero-order chi connectivity index (χ0) is 19.1. The molecule has 1 aliphatic rings. The number of aliphatic hydroxyl groups is 1. The highest BCUT2D eigenvalue weighted by Gasteiger charge is 2.18. The Balaban J connectivity index is 1.42. The van der Waals surface area contributed by atoms with Crippen LogP contribution < -0.4 is 4.74 Å². The molecule has 0 bridgehead atoms. The van der Waals surface area contributed by atoms with E-state index in [0.717, 1.165) is 44.7 Å². The molecular weight excluding hydrogens is 350 g/mol. The molecule has 0 aromatic heterocycles. The second-order valence-electron chi connectivity index (χ2n) is 6.95. The van der Waals surface area contributed by atoms with E-state index < -0.39 is 11.9 Å². The molecule has 6 heteroatoms. The Bertz CT molecular complexity index is 712. The van der Waals surface area contributed by atoms with E-state index in [2.05, 4.69) is 9.80 Å². The highest BCUT2D eigenvalue weighted by Crippen LogP contribution is 2.16. The van der Waals surface area contributed by atoms with Gasteiger partial charge in [0.15, 0.2) is 11.6 Å². The van der Waals surface area contributed by atoms with Gasteiger partial charge in [-0.05, 0) is 49.3 Å². The first-order valence-electron chi connectivity index (χ1n) is 9.35. The molecule has 4 nitrogen and oxygen atoms in total. The highest BCUT2D eigenvalue weighted by atomic mass is 19.1. The van der Waals surface area contributed by atoms with Crippen LogP contribution >= 0.6 is 0 Å². The minimum atomic E-state index is -0.673. The van der Waals surface area contributed by atoms with Gasteiger partial charge in [0, 0.05) is 26.2 Å². The van der Waals surface area contributed by atoms with Crippen LogP contribution in [-0.2, 0) is 6.54 Å². The zero-order valence-electron chi connectivity index (χ0n) is 15.4. The van der Waals surface area contributed by atoms with Crippen LogP contribution in [-0.4, -0.2) is 60.3 Å². The maximum Gasteiger partial charge on any atom is 0.165 e. The summed E-state index contributed by atoms with van der Waals surface area (Å²) in [6.45, 7) is 4.96. The standard InChI is InChI=1S/C21H26F2N2O2/c22-18-8-6-17(7-9-18)14-24-10-3-11-25(13-12-24)15-19(26)16-27-21-5-2-1-4-20(21)23/h1-2,4-9,19,26H,3,10-16H2. The summed E-state index contributed by atoms with van der Waals surface area (Å²) in [5, 5.41) is 10.2. The molecule has 1 unspecified atom stereocenters. The van der Waals surface area contributed by atoms with Crippen molar-refractivity contribution in [1.82, 2.24) is 9.80 Å². The number of ether oxygens (including phenoxy) is 1. The third-order valence-electron chi connectivity index (χ3n) is 4.74. The first-order chi connectivity index (χ1) is 13.1. The van der Waals surface area contributed by atoms with E-state index in [1.807, 2.05) is 12.1 Å². The van der Waals surface area contributed by atoms with Gasteiger partial charge in [-0.25, -0.2) is 8.78 Å². The predicted molar refractivity (Wildman–Crippen MR) is 101 cm³/mol. The van der Waals surface area contributed by atoms with E-state index in [-0.39, 0.29) is 18.2 Å². The molecule has 2 aromatic rings. The van der Waals surface area contributed by atoms with E-state index in [9.17, 15) is 13.9 Å². The van der Waals surface area contributed by atoms with Crippen LogP contribution in [0.4, 0.5) is 8.78 Å². The number of rotatable bonds is 7. The van der Waals surface area contributed by atoms with Crippen LogP contribution in [0.1, 0.15) is 12.0 Å². The monoisotopic (exact) mass is 376 g/mol. The minimum Gasteiger partial charge on any atom is -0.488 e. The second kappa shape index (κ2) is 9.78. The van der Waals surface area contributed by atoms with Crippen molar-refractivity contribution in [2.45, 2.75) is 19.1 Å². The average molecular weight is 376 g/mol. The summed E-state index contributed by atoms with van der Waals surface area (Å²) in [5.41, 5.74) is 1.10. The van der Waals surface area contributed by atoms with Crippen molar-refractivity contribution in [3.05, 3.63) is 65.7 Å². The molecule has 27 heavy (non-hydrogen) atoms. The van der Waals surface area contributed by atoms with E-state index in [1.54, 1.807) is 18.2 Å². The van der Waals surface area contributed by atoms with Crippen molar-refractivity contribution >= 4 is 0 Å². The third-order valence-corrected chi connectivity index (χ3v) is 4.74. The van der Waals surface area contributed by atoms with Crippen molar-refractivity contribution in [1.29, 1.82) is 0 Å². The molecule has 1 heterocycles. The second-order valence-corrected chi connectivity index (χ2v) is 6.95. The van der Waals surface area contributed by atoms with Crippen LogP contribution in [0.5, 0.6) is 5.75 Å². The number of β-amino-alcohol motifs (C(OH)–C–C–N with tert-alkyl or cyclic N) is 1. The summed E-state index contributed by atoms with van der Waals surface area (Å²) in [6, 6.07) is 12.8. The number of hydrogen-bond acceptors (Lipinski definition) is 4. The zero-order valence-corrected chi connectivity index (χ0v) is 15.4. The molecular formula is C21H26F2N2O2. The smallest absolute Gasteiger partial charge is 0.165 e. The Morgan fingerprint density at radius 1 is 0.926 bits per heavy atom. The molecule has 2 aromatic carbocycles. The Morgan fingerprint density at radius 2 is 1.63 bits per heavy atom. The van der Waals surface area contributed by atoms with Gasteiger partial charge in [-0.1, -0.05) is 24.3 Å². The lowest BCUT2D eigenvalue weighted by atomic mass is 10.2. The fourth-order valence-electron chi connectivity index (χ4n) is 3.31. The van der Waals surface area contributed by atoms with Crippen LogP contribution in [0.15, 0.2) is 48.5 Å². The fraction of sp³-hybridized carbons (Fsp3) is 0.429. The molecule has 0 amide bonds. The molecule has 1 fully saturated rings. The van der Waals surface area contributed by atoms with Crippen molar-refractivity contribution in [3.63, 3.8) is 0 Å². The topological polar surface area (TPSA) is 35.9 Å². The lowest BCUT2D eigenvalue weighted by Crippen LogP contribution is -2.38. The summed E-state index contributed by atoms with van der Waals surface area (Å²) in [7, 11) is 0. The van der Waals surface area contributed by atoms with E-state index in [1.165, 1.54) is 18.2 Å². The molecule has 0 radical (unpaired) electrons. The van der Waals surface area contributed by atoms with Gasteiger partial charge in [0.05, 0.1) is 0 Å². The maximum absolute atomic E-state index is 13.6. The van der Waals surface area contributed by atoms with Gasteiger partial charge >= 0.3 is 0 Å². The number of hydrogen-bond donors (Lipinski definition) is 1. The van der Waals surface area contributed by atoms with Crippen molar-refractivity contribution in [2.24, 2.45) is 0 Å². The predicted octanol–water partition coefficient (Wildman–Crippen LogP) is 2.91. The third kappa shape index (κ3) is 6.27. The van der Waals surface area contributed by atoms with Crippen LogP contribution in [0.2, 0.25) is 0 Å². The Kier molecular flexibility index (Phi) is 7.15. The molecule has 146 valence electrons. The summed E-state index contributed by atoms with van der Waals surface area (Å²) < 4.78 is 32.0. The molecule has 0 spiro atoms. The largest absolute Gasteiger partial charge is 0.488 e. The normalized spacial score (nSPS) is 17.4. The average Bonchev–Trinajstić information content (AvgIpc) is 2.88. The Hall–Kier alpha value is -2.02. The molecule has 1 N–H and O–H groups in total. The maximum atomic E-state index is 13.6. The quantitative estimate of drug-likeness (QED) is 0.806.